The van der Waals surface area contributed by atoms with Crippen molar-refractivity contribution in [2.45, 2.75) is 12.6 Å². The summed E-state index contributed by atoms with van der Waals surface area (Å²) in [5, 5.41) is 14.5. The van der Waals surface area contributed by atoms with E-state index in [0.29, 0.717) is 28.2 Å². The third kappa shape index (κ3) is 5.15. The van der Waals surface area contributed by atoms with Crippen LogP contribution in [0.4, 0.5) is 17.6 Å². The number of rotatable bonds is 6. The highest BCUT2D eigenvalue weighted by Crippen LogP contribution is 2.34. The number of nitrogens with zero attached hydrogens (tertiary/aromatic N) is 2. The predicted molar refractivity (Wildman–Crippen MR) is 123 cm³/mol. The van der Waals surface area contributed by atoms with Gasteiger partial charge < -0.3 is 18.8 Å². The van der Waals surface area contributed by atoms with Gasteiger partial charge >= 0.3 is 6.18 Å². The SMILES string of the molecule is O=c1ccoc2cc(-c3ccc(OCCc4nc(-c5cc(F)cc(C(F)(F)F)c5)no4)c(O)c3)ccc12. The maximum atomic E-state index is 13.7. The minimum absolute atomic E-state index is 0.00657. The Kier molecular flexibility index (Phi) is 6.12. The number of aromatic nitrogens is 2. The van der Waals surface area contributed by atoms with Gasteiger partial charge in [0, 0.05) is 11.6 Å². The minimum atomic E-state index is -4.72. The Hall–Kier alpha value is -4.67. The van der Waals surface area contributed by atoms with E-state index in [1.54, 1.807) is 30.3 Å². The highest BCUT2D eigenvalue weighted by molar-refractivity contribution is 5.82. The van der Waals surface area contributed by atoms with Gasteiger partial charge in [-0.15, -0.1) is 0 Å². The number of alkyl halides is 3. The molecule has 5 rings (SSSR count). The Bertz CT molecular complexity index is 1660. The molecule has 0 aliphatic rings. The molecule has 0 radical (unpaired) electrons. The molecule has 3 aromatic carbocycles. The maximum Gasteiger partial charge on any atom is 0.416 e. The second-order valence-corrected chi connectivity index (χ2v) is 8.01. The van der Waals surface area contributed by atoms with E-state index in [2.05, 4.69) is 10.1 Å². The molecule has 0 bridgehead atoms. The van der Waals surface area contributed by atoms with Crippen molar-refractivity contribution >= 4 is 11.0 Å². The van der Waals surface area contributed by atoms with E-state index in [1.807, 2.05) is 0 Å². The van der Waals surface area contributed by atoms with Gasteiger partial charge in [0.15, 0.2) is 16.9 Å². The van der Waals surface area contributed by atoms with Crippen LogP contribution in [0.3, 0.4) is 0 Å². The fourth-order valence-corrected chi connectivity index (χ4v) is 3.69. The quantitative estimate of drug-likeness (QED) is 0.279. The molecule has 2 aromatic heterocycles. The van der Waals surface area contributed by atoms with E-state index in [1.165, 1.54) is 18.4 Å². The van der Waals surface area contributed by atoms with Crippen LogP contribution in [0, 0.1) is 5.82 Å². The minimum Gasteiger partial charge on any atom is -0.504 e. The van der Waals surface area contributed by atoms with E-state index >= 15 is 0 Å². The number of phenols is 1. The number of fused-ring (bicyclic) bond motifs is 1. The molecule has 0 amide bonds. The van der Waals surface area contributed by atoms with Crippen LogP contribution in [0.2, 0.25) is 0 Å². The first-order valence-corrected chi connectivity index (χ1v) is 10.9. The van der Waals surface area contributed by atoms with E-state index in [0.717, 1.165) is 12.1 Å². The lowest BCUT2D eigenvalue weighted by atomic mass is 10.0. The lowest BCUT2D eigenvalue weighted by Crippen LogP contribution is -2.05. The monoisotopic (exact) mass is 512 g/mol. The number of aromatic hydroxyl groups is 1. The Morgan fingerprint density at radius 3 is 2.51 bits per heavy atom. The zero-order chi connectivity index (χ0) is 26.2. The van der Waals surface area contributed by atoms with Gasteiger partial charge in [-0.25, -0.2) is 4.39 Å². The standard InChI is InChI=1S/C26H16F4N2O5/c27-18-10-16(9-17(13-18)26(28,29)30)25-31-24(37-32-25)6-8-35-22-4-2-14(11-21(22)34)15-1-3-19-20(33)5-7-36-23(19)12-15/h1-5,7,9-13,34H,6,8H2. The summed E-state index contributed by atoms with van der Waals surface area (Å²) in [6, 6.07) is 13.2. The van der Waals surface area contributed by atoms with Crippen LogP contribution in [0.25, 0.3) is 33.5 Å². The number of ether oxygens (including phenoxy) is 1. The molecule has 0 atom stereocenters. The zero-order valence-corrected chi connectivity index (χ0v) is 18.8. The number of phenolic OH excluding ortho intramolecular Hbond substituents is 1. The summed E-state index contributed by atoms with van der Waals surface area (Å²) in [6.07, 6.45) is -3.33. The molecule has 1 N–H and O–H groups in total. The predicted octanol–water partition coefficient (Wildman–Crippen LogP) is 6.00. The fraction of sp³-hybridized carbons (Fsp3) is 0.115. The molecule has 0 spiro atoms. The molecule has 0 saturated heterocycles. The van der Waals surface area contributed by atoms with Crippen molar-refractivity contribution < 1.29 is 36.3 Å². The molecule has 0 unspecified atom stereocenters. The molecule has 2 heterocycles. The first-order chi connectivity index (χ1) is 17.7. The molecule has 0 saturated carbocycles. The number of halogens is 4. The maximum absolute atomic E-state index is 13.7. The second kappa shape index (κ2) is 9.41. The normalized spacial score (nSPS) is 11.7. The largest absolute Gasteiger partial charge is 0.504 e. The Morgan fingerprint density at radius 2 is 1.73 bits per heavy atom. The fourth-order valence-electron chi connectivity index (χ4n) is 3.69. The van der Waals surface area contributed by atoms with Crippen molar-refractivity contribution in [3.63, 3.8) is 0 Å². The highest BCUT2D eigenvalue weighted by atomic mass is 19.4. The van der Waals surface area contributed by atoms with Crippen molar-refractivity contribution in [2.75, 3.05) is 6.61 Å². The van der Waals surface area contributed by atoms with Crippen molar-refractivity contribution in [1.82, 2.24) is 10.1 Å². The Labute approximate surface area is 205 Å². The van der Waals surface area contributed by atoms with Gasteiger partial charge in [0.25, 0.3) is 0 Å². The molecule has 5 aromatic rings. The first kappa shape index (κ1) is 24.0. The zero-order valence-electron chi connectivity index (χ0n) is 18.8. The van der Waals surface area contributed by atoms with Crippen LogP contribution in [0.1, 0.15) is 11.5 Å². The summed E-state index contributed by atoms with van der Waals surface area (Å²) < 4.78 is 68.5. The van der Waals surface area contributed by atoms with Gasteiger partial charge in [-0.1, -0.05) is 17.3 Å². The highest BCUT2D eigenvalue weighted by Gasteiger charge is 2.32. The molecule has 0 aliphatic heterocycles. The van der Waals surface area contributed by atoms with Crippen molar-refractivity contribution in [3.8, 4) is 34.0 Å². The van der Waals surface area contributed by atoms with E-state index in [9.17, 15) is 27.5 Å². The molecular formula is C26H16F4N2O5. The summed E-state index contributed by atoms with van der Waals surface area (Å²) in [6.45, 7) is 0.00657. The third-order valence-electron chi connectivity index (χ3n) is 5.48. The van der Waals surface area contributed by atoms with E-state index in [4.69, 9.17) is 13.7 Å². The van der Waals surface area contributed by atoms with E-state index in [-0.39, 0.29) is 47.2 Å². The van der Waals surface area contributed by atoms with Crippen LogP contribution in [0.15, 0.2) is 80.7 Å². The smallest absolute Gasteiger partial charge is 0.416 e. The molecule has 7 nitrogen and oxygen atoms in total. The lowest BCUT2D eigenvalue weighted by molar-refractivity contribution is -0.137. The van der Waals surface area contributed by atoms with Gasteiger partial charge in [0.05, 0.1) is 30.2 Å². The number of hydrogen-bond acceptors (Lipinski definition) is 7. The van der Waals surface area contributed by atoms with Crippen LogP contribution in [-0.4, -0.2) is 21.9 Å². The summed E-state index contributed by atoms with van der Waals surface area (Å²) >= 11 is 0. The third-order valence-corrected chi connectivity index (χ3v) is 5.48. The van der Waals surface area contributed by atoms with Crippen LogP contribution >= 0.6 is 0 Å². The van der Waals surface area contributed by atoms with Crippen LogP contribution in [0.5, 0.6) is 11.5 Å². The number of hydrogen-bond donors (Lipinski definition) is 1. The molecule has 11 heteroatoms. The second-order valence-electron chi connectivity index (χ2n) is 8.01. The van der Waals surface area contributed by atoms with Gasteiger partial charge in [0.1, 0.15) is 11.4 Å². The van der Waals surface area contributed by atoms with Gasteiger partial charge in [-0.3, -0.25) is 4.79 Å². The summed E-state index contributed by atoms with van der Waals surface area (Å²) in [4.78, 5) is 15.9. The van der Waals surface area contributed by atoms with Gasteiger partial charge in [-0.2, -0.15) is 18.2 Å². The van der Waals surface area contributed by atoms with Crippen LogP contribution < -0.4 is 10.2 Å². The molecular weight excluding hydrogens is 496 g/mol. The summed E-state index contributed by atoms with van der Waals surface area (Å²) in [5.41, 5.74) is 0.293. The average molecular weight is 512 g/mol. The summed E-state index contributed by atoms with van der Waals surface area (Å²) in [5.74, 6) is -1.18. The van der Waals surface area contributed by atoms with Gasteiger partial charge in [0.2, 0.25) is 11.7 Å². The van der Waals surface area contributed by atoms with Crippen LogP contribution in [-0.2, 0) is 12.6 Å². The number of benzene rings is 3. The molecule has 0 fully saturated rings. The van der Waals surface area contributed by atoms with Crippen molar-refractivity contribution in [3.05, 3.63) is 94.4 Å². The Balaban J connectivity index is 1.25. The molecule has 188 valence electrons. The molecule has 0 aliphatic carbocycles. The topological polar surface area (TPSA) is 98.6 Å². The van der Waals surface area contributed by atoms with Crippen molar-refractivity contribution in [1.29, 1.82) is 0 Å². The van der Waals surface area contributed by atoms with E-state index < -0.39 is 17.6 Å². The Morgan fingerprint density at radius 1 is 0.946 bits per heavy atom. The molecule has 37 heavy (non-hydrogen) atoms. The lowest BCUT2D eigenvalue weighted by Gasteiger charge is -2.09. The average Bonchev–Trinajstić information content (AvgIpc) is 3.33. The van der Waals surface area contributed by atoms with Gasteiger partial charge in [-0.05, 0) is 53.6 Å². The first-order valence-electron chi connectivity index (χ1n) is 10.9. The van der Waals surface area contributed by atoms with Crippen molar-refractivity contribution in [2.24, 2.45) is 0 Å². The summed E-state index contributed by atoms with van der Waals surface area (Å²) in [7, 11) is 0.